The maximum Gasteiger partial charge on any atom is 0.244 e. The summed E-state index contributed by atoms with van der Waals surface area (Å²) in [6, 6.07) is 30.6. The molecule has 4 aromatic rings. The predicted molar refractivity (Wildman–Crippen MR) is 158 cm³/mol. The van der Waals surface area contributed by atoms with Gasteiger partial charge in [0.15, 0.2) is 0 Å². The van der Waals surface area contributed by atoms with Gasteiger partial charge in [-0.25, -0.2) is 10.3 Å². The number of rotatable bonds is 5. The van der Waals surface area contributed by atoms with Crippen molar-refractivity contribution in [3.63, 3.8) is 0 Å². The molecule has 8 rings (SSSR count). The molecule has 202 valence electrons. The third-order valence-electron chi connectivity index (χ3n) is 8.76. The monoisotopic (exact) mass is 559 g/mol. The van der Waals surface area contributed by atoms with Crippen LogP contribution in [0.2, 0.25) is 5.02 Å². The van der Waals surface area contributed by atoms with Gasteiger partial charge in [0, 0.05) is 17.2 Å². The molecule has 1 fully saturated rings. The Labute approximate surface area is 242 Å². The summed E-state index contributed by atoms with van der Waals surface area (Å²) in [7, 11) is 0. The normalized spacial score (nSPS) is 23.9. The second-order valence-corrected chi connectivity index (χ2v) is 11.3. The first-order valence-electron chi connectivity index (χ1n) is 13.6. The van der Waals surface area contributed by atoms with Crippen LogP contribution in [0, 0.1) is 18.8 Å². The molecule has 41 heavy (non-hydrogen) atoms. The minimum atomic E-state index is -1.05. The largest absolute Gasteiger partial charge is 0.274 e. The van der Waals surface area contributed by atoms with Gasteiger partial charge in [-0.1, -0.05) is 96.5 Å². The zero-order valence-electron chi connectivity index (χ0n) is 22.3. The lowest BCUT2D eigenvalue weighted by Crippen LogP contribution is -2.54. The molecule has 1 heterocycles. The van der Waals surface area contributed by atoms with Crippen LogP contribution in [0.25, 0.3) is 0 Å². The Morgan fingerprint density at radius 2 is 1.54 bits per heavy atom. The zero-order chi connectivity index (χ0) is 28.3. The van der Waals surface area contributed by atoms with E-state index in [-0.39, 0.29) is 30.1 Å². The summed E-state index contributed by atoms with van der Waals surface area (Å²) in [5, 5.41) is 4.96. The molecule has 6 nitrogen and oxygen atoms in total. The van der Waals surface area contributed by atoms with E-state index in [1.165, 1.54) is 4.90 Å². The van der Waals surface area contributed by atoms with Gasteiger partial charge in [0.05, 0.1) is 29.4 Å². The van der Waals surface area contributed by atoms with E-state index in [2.05, 4.69) is 10.5 Å². The molecule has 7 heteroatoms. The van der Waals surface area contributed by atoms with Crippen molar-refractivity contribution in [2.45, 2.75) is 24.7 Å². The fourth-order valence-electron chi connectivity index (χ4n) is 7.05. The topological polar surface area (TPSA) is 78.8 Å². The van der Waals surface area contributed by atoms with Crippen molar-refractivity contribution in [3.05, 3.63) is 135 Å². The molecule has 4 aromatic carbocycles. The fourth-order valence-corrected chi connectivity index (χ4v) is 7.23. The molecular formula is C34H26ClN3O3. The van der Waals surface area contributed by atoms with Crippen LogP contribution >= 0.6 is 11.6 Å². The molecule has 1 aliphatic heterocycles. The van der Waals surface area contributed by atoms with Gasteiger partial charge < -0.3 is 0 Å². The van der Waals surface area contributed by atoms with Gasteiger partial charge in [0.2, 0.25) is 17.7 Å². The molecule has 4 aliphatic rings. The molecule has 0 unspecified atom stereocenters. The van der Waals surface area contributed by atoms with Gasteiger partial charge >= 0.3 is 0 Å². The molecule has 1 N–H and O–H groups in total. The van der Waals surface area contributed by atoms with E-state index in [1.54, 1.807) is 18.3 Å². The number of imide groups is 1. The average molecular weight is 560 g/mol. The van der Waals surface area contributed by atoms with Gasteiger partial charge in [-0.15, -0.1) is 0 Å². The Kier molecular flexibility index (Phi) is 5.91. The van der Waals surface area contributed by atoms with Crippen molar-refractivity contribution in [2.24, 2.45) is 16.9 Å². The van der Waals surface area contributed by atoms with Crippen LogP contribution in [0.1, 0.15) is 39.3 Å². The summed E-state index contributed by atoms with van der Waals surface area (Å²) in [6.07, 6.45) is 1.85. The Morgan fingerprint density at radius 3 is 2.20 bits per heavy atom. The summed E-state index contributed by atoms with van der Waals surface area (Å²) < 4.78 is 0. The highest BCUT2D eigenvalue weighted by atomic mass is 35.5. The van der Waals surface area contributed by atoms with Crippen LogP contribution in [0.5, 0.6) is 0 Å². The SMILES string of the molecule is Cc1ccc(N2C(=O)[C@@H]3[C@@H](C2=O)C2c4ccccc4C3(/C=N\NC(=O)Cc3ccccc3)c3ccccc32)cc1Cl. The van der Waals surface area contributed by atoms with Crippen LogP contribution in [-0.2, 0) is 26.2 Å². The zero-order valence-corrected chi connectivity index (χ0v) is 23.0. The van der Waals surface area contributed by atoms with Gasteiger partial charge in [0.1, 0.15) is 0 Å². The van der Waals surface area contributed by atoms with E-state index in [4.69, 9.17) is 11.6 Å². The third-order valence-corrected chi connectivity index (χ3v) is 9.17. The number of anilines is 1. The Morgan fingerprint density at radius 1 is 0.902 bits per heavy atom. The second kappa shape index (κ2) is 9.53. The first kappa shape index (κ1) is 25.4. The highest BCUT2D eigenvalue weighted by Crippen LogP contribution is 2.63. The lowest BCUT2D eigenvalue weighted by atomic mass is 9.47. The van der Waals surface area contributed by atoms with Crippen molar-refractivity contribution < 1.29 is 14.4 Å². The summed E-state index contributed by atoms with van der Waals surface area (Å²) in [4.78, 5) is 42.8. The van der Waals surface area contributed by atoms with Crippen molar-refractivity contribution in [1.82, 2.24) is 5.43 Å². The fraction of sp³-hybridized carbons (Fsp3) is 0.176. The maximum absolute atomic E-state index is 14.4. The van der Waals surface area contributed by atoms with Crippen LogP contribution in [-0.4, -0.2) is 23.9 Å². The standard InChI is InChI=1S/C34H26ClN3O3/c1-20-15-16-22(18-27(20)35)38-32(40)30-29-23-11-5-7-13-25(23)34(31(30)33(38)41,26-14-8-6-12-24(26)29)19-36-37-28(39)17-21-9-3-2-4-10-21/h2-16,18-19,29-31H,17H2,1H3,(H,37,39)/b36-19-/t29?,30-,31-,34?/m0/s1. The number of hydrogen-bond donors (Lipinski definition) is 1. The Balaban J connectivity index is 1.37. The summed E-state index contributed by atoms with van der Waals surface area (Å²) in [5.74, 6) is -2.46. The average Bonchev–Trinajstić information content (AvgIpc) is 3.26. The van der Waals surface area contributed by atoms with Gasteiger partial charge in [-0.05, 0) is 52.4 Å². The molecule has 3 amide bonds. The lowest BCUT2D eigenvalue weighted by Gasteiger charge is -2.52. The van der Waals surface area contributed by atoms with E-state index in [0.717, 1.165) is 33.4 Å². The molecule has 2 bridgehead atoms. The molecule has 0 radical (unpaired) electrons. The summed E-state index contributed by atoms with van der Waals surface area (Å²) in [6.45, 7) is 1.88. The quantitative estimate of drug-likeness (QED) is 0.198. The molecule has 0 saturated carbocycles. The second-order valence-electron chi connectivity index (χ2n) is 10.9. The van der Waals surface area contributed by atoms with Crippen LogP contribution in [0.3, 0.4) is 0 Å². The Bertz CT molecular complexity index is 1720. The van der Waals surface area contributed by atoms with Crippen molar-refractivity contribution in [3.8, 4) is 0 Å². The highest BCUT2D eigenvalue weighted by Gasteiger charge is 2.68. The molecule has 1 saturated heterocycles. The highest BCUT2D eigenvalue weighted by molar-refractivity contribution is 6.32. The van der Waals surface area contributed by atoms with Crippen molar-refractivity contribution in [1.29, 1.82) is 0 Å². The number of nitrogens with one attached hydrogen (secondary N) is 1. The number of carbonyl (C=O) groups is 3. The molecule has 0 aromatic heterocycles. The number of halogens is 1. The number of benzene rings is 4. The number of nitrogens with zero attached hydrogens (tertiary/aromatic N) is 2. The van der Waals surface area contributed by atoms with Gasteiger partial charge in [-0.3, -0.25) is 14.4 Å². The summed E-state index contributed by atoms with van der Waals surface area (Å²) in [5.41, 5.74) is 7.68. The molecular weight excluding hydrogens is 534 g/mol. The van der Waals surface area contributed by atoms with E-state index < -0.39 is 17.3 Å². The number of amides is 3. The summed E-state index contributed by atoms with van der Waals surface area (Å²) >= 11 is 6.43. The van der Waals surface area contributed by atoms with Crippen LogP contribution in [0.15, 0.2) is 102 Å². The first-order valence-corrected chi connectivity index (χ1v) is 14.0. The van der Waals surface area contributed by atoms with Crippen LogP contribution < -0.4 is 10.3 Å². The lowest BCUT2D eigenvalue weighted by molar-refractivity contribution is -0.123. The third kappa shape index (κ3) is 3.71. The minimum absolute atomic E-state index is 0.172. The van der Waals surface area contributed by atoms with E-state index in [0.29, 0.717) is 10.7 Å². The predicted octanol–water partition coefficient (Wildman–Crippen LogP) is 5.54. The minimum Gasteiger partial charge on any atom is -0.274 e. The van der Waals surface area contributed by atoms with Gasteiger partial charge in [0.25, 0.3) is 0 Å². The number of carbonyl (C=O) groups excluding carboxylic acids is 3. The number of hydrazone groups is 1. The molecule has 0 spiro atoms. The first-order chi connectivity index (χ1) is 19.9. The van der Waals surface area contributed by atoms with Gasteiger partial charge in [-0.2, -0.15) is 5.10 Å². The smallest absolute Gasteiger partial charge is 0.244 e. The Hall–Kier alpha value is -4.55. The molecule has 2 atom stereocenters. The van der Waals surface area contributed by atoms with Crippen LogP contribution in [0.4, 0.5) is 5.69 Å². The molecule has 3 aliphatic carbocycles. The van der Waals surface area contributed by atoms with Crippen molar-refractivity contribution >= 4 is 41.2 Å². The van der Waals surface area contributed by atoms with E-state index >= 15 is 0 Å². The van der Waals surface area contributed by atoms with Crippen molar-refractivity contribution in [2.75, 3.05) is 4.90 Å². The van der Waals surface area contributed by atoms with E-state index in [1.807, 2.05) is 91.9 Å². The number of hydrogen-bond acceptors (Lipinski definition) is 4. The van der Waals surface area contributed by atoms with E-state index in [9.17, 15) is 14.4 Å². The number of aryl methyl sites for hydroxylation is 1. The maximum atomic E-state index is 14.4.